The molecular weight excluding hydrogens is 390 g/mol. The first-order valence-corrected chi connectivity index (χ1v) is 11.4. The number of nitrogens with zero attached hydrogens (tertiary/aromatic N) is 3. The monoisotopic (exact) mass is 413 g/mol. The highest BCUT2D eigenvalue weighted by atomic mass is 32.2. The average molecular weight is 414 g/mol. The van der Waals surface area contributed by atoms with Crippen molar-refractivity contribution in [3.05, 3.63) is 46.6 Å². The molecule has 0 bridgehead atoms. The van der Waals surface area contributed by atoms with Gasteiger partial charge in [0.2, 0.25) is 0 Å². The van der Waals surface area contributed by atoms with E-state index >= 15 is 0 Å². The predicted octanol–water partition coefficient (Wildman–Crippen LogP) is 5.07. The van der Waals surface area contributed by atoms with Crippen molar-refractivity contribution in [2.75, 3.05) is 24.6 Å². The maximum absolute atomic E-state index is 12.4. The van der Waals surface area contributed by atoms with Gasteiger partial charge < -0.3 is 9.64 Å². The van der Waals surface area contributed by atoms with Crippen molar-refractivity contribution in [1.29, 1.82) is 0 Å². The molecule has 1 fully saturated rings. The maximum atomic E-state index is 12.4. The summed E-state index contributed by atoms with van der Waals surface area (Å²) in [7, 11) is 0. The number of ether oxygens (including phenoxy) is 1. The molecule has 7 heteroatoms. The van der Waals surface area contributed by atoms with Crippen LogP contribution in [0.1, 0.15) is 40.8 Å². The summed E-state index contributed by atoms with van der Waals surface area (Å²) >= 11 is 3.15. The average Bonchev–Trinajstić information content (AvgIpc) is 3.35. The van der Waals surface area contributed by atoms with Crippen molar-refractivity contribution in [1.82, 2.24) is 9.97 Å². The Morgan fingerprint density at radius 2 is 1.96 bits per heavy atom. The molecule has 0 spiro atoms. The molecule has 1 aromatic carbocycles. The molecule has 3 aromatic rings. The number of thiophene rings is 1. The molecule has 2 aromatic heterocycles. The minimum absolute atomic E-state index is 0.268. The molecular formula is C21H23N3O2S2. The summed E-state index contributed by atoms with van der Waals surface area (Å²) in [6, 6.07) is 10.3. The molecule has 0 atom stereocenters. The Labute approximate surface area is 173 Å². The van der Waals surface area contributed by atoms with Gasteiger partial charge in [-0.05, 0) is 44.4 Å². The maximum Gasteiger partial charge on any atom is 0.348 e. The van der Waals surface area contributed by atoms with Gasteiger partial charge in [0.15, 0.2) is 0 Å². The van der Waals surface area contributed by atoms with Crippen LogP contribution in [0.5, 0.6) is 0 Å². The normalized spacial score (nSPS) is 14.0. The minimum Gasteiger partial charge on any atom is -0.462 e. The van der Waals surface area contributed by atoms with Crippen molar-refractivity contribution in [3.63, 3.8) is 0 Å². The Balaban J connectivity index is 1.73. The number of carbonyl (C=O) groups excluding carboxylic acids is 1. The van der Waals surface area contributed by atoms with Crippen molar-refractivity contribution >= 4 is 45.1 Å². The number of hydrogen-bond acceptors (Lipinski definition) is 7. The predicted molar refractivity (Wildman–Crippen MR) is 116 cm³/mol. The van der Waals surface area contributed by atoms with Crippen LogP contribution in [0.4, 0.5) is 5.82 Å². The smallest absolute Gasteiger partial charge is 0.348 e. The molecule has 0 aliphatic carbocycles. The first-order valence-electron chi connectivity index (χ1n) is 9.57. The van der Waals surface area contributed by atoms with Gasteiger partial charge in [-0.2, -0.15) is 0 Å². The molecule has 5 nitrogen and oxygen atoms in total. The first kappa shape index (κ1) is 19.2. The van der Waals surface area contributed by atoms with E-state index in [0.29, 0.717) is 17.2 Å². The molecule has 0 unspecified atom stereocenters. The topological polar surface area (TPSA) is 55.3 Å². The second-order valence-electron chi connectivity index (χ2n) is 6.72. The van der Waals surface area contributed by atoms with Crippen LogP contribution in [0.2, 0.25) is 0 Å². The Morgan fingerprint density at radius 1 is 1.21 bits per heavy atom. The highest BCUT2D eigenvalue weighted by Gasteiger charge is 2.25. The summed E-state index contributed by atoms with van der Waals surface area (Å²) in [6.07, 6.45) is 2.35. The number of thioether (sulfide) groups is 1. The standard InChI is InChI=1S/C21H23N3O2S2/c1-3-26-21(25)18-14(2)17-19(24-11-7-8-12-24)22-16(23-20(17)28-18)13-27-15-9-5-4-6-10-15/h4-6,9-10H,3,7-8,11-13H2,1-2H3. The number of carbonyl (C=O) groups is 1. The van der Waals surface area contributed by atoms with E-state index in [-0.39, 0.29) is 5.97 Å². The van der Waals surface area contributed by atoms with Gasteiger partial charge in [-0.1, -0.05) is 18.2 Å². The zero-order chi connectivity index (χ0) is 19.5. The SMILES string of the molecule is CCOC(=O)c1sc2nc(CSc3ccccc3)nc(N3CCCC3)c2c1C. The number of benzene rings is 1. The fourth-order valence-electron chi connectivity index (χ4n) is 3.44. The lowest BCUT2D eigenvalue weighted by atomic mass is 10.2. The Morgan fingerprint density at radius 3 is 2.68 bits per heavy atom. The quantitative estimate of drug-likeness (QED) is 0.415. The molecule has 4 rings (SSSR count). The van der Waals surface area contributed by atoms with Crippen molar-refractivity contribution in [2.24, 2.45) is 0 Å². The molecule has 28 heavy (non-hydrogen) atoms. The second-order valence-corrected chi connectivity index (χ2v) is 8.76. The third kappa shape index (κ3) is 3.86. The lowest BCUT2D eigenvalue weighted by Gasteiger charge is -2.18. The van der Waals surface area contributed by atoms with E-state index in [1.54, 1.807) is 11.8 Å². The van der Waals surface area contributed by atoms with E-state index in [1.165, 1.54) is 29.1 Å². The first-order chi connectivity index (χ1) is 13.7. The van der Waals surface area contributed by atoms with Gasteiger partial charge in [-0.3, -0.25) is 0 Å². The summed E-state index contributed by atoms with van der Waals surface area (Å²) in [5, 5.41) is 1.00. The molecule has 0 saturated carbocycles. The zero-order valence-corrected chi connectivity index (χ0v) is 17.7. The summed E-state index contributed by atoms with van der Waals surface area (Å²) in [4.78, 5) is 27.2. The Kier molecular flexibility index (Phi) is 5.82. The van der Waals surface area contributed by atoms with E-state index in [9.17, 15) is 4.79 Å². The summed E-state index contributed by atoms with van der Waals surface area (Å²) in [6.45, 7) is 6.18. The van der Waals surface area contributed by atoms with Gasteiger partial charge in [-0.25, -0.2) is 14.8 Å². The summed E-state index contributed by atoms with van der Waals surface area (Å²) in [5.74, 6) is 2.21. The van der Waals surface area contributed by atoms with Crippen LogP contribution in [0.3, 0.4) is 0 Å². The largest absolute Gasteiger partial charge is 0.462 e. The number of esters is 1. The van der Waals surface area contributed by atoms with E-state index in [1.807, 2.05) is 32.0 Å². The second kappa shape index (κ2) is 8.49. The van der Waals surface area contributed by atoms with Crippen LogP contribution in [-0.4, -0.2) is 35.6 Å². The number of fused-ring (bicyclic) bond motifs is 1. The van der Waals surface area contributed by atoms with E-state index < -0.39 is 0 Å². The molecule has 1 saturated heterocycles. The molecule has 146 valence electrons. The molecule has 1 aliphatic heterocycles. The van der Waals surface area contributed by atoms with Gasteiger partial charge in [0.1, 0.15) is 21.3 Å². The van der Waals surface area contributed by atoms with E-state index in [0.717, 1.165) is 40.5 Å². The molecule has 3 heterocycles. The van der Waals surface area contributed by atoms with Crippen LogP contribution in [0.15, 0.2) is 35.2 Å². The number of aromatic nitrogens is 2. The summed E-state index contributed by atoms with van der Waals surface area (Å²) < 4.78 is 5.24. The van der Waals surface area contributed by atoms with Crippen molar-refractivity contribution in [3.8, 4) is 0 Å². The number of aryl methyl sites for hydroxylation is 1. The van der Waals surface area contributed by atoms with Gasteiger partial charge in [0.25, 0.3) is 0 Å². The van der Waals surface area contributed by atoms with Crippen molar-refractivity contribution in [2.45, 2.75) is 37.3 Å². The Bertz CT molecular complexity index is 982. The number of rotatable bonds is 6. The fourth-order valence-corrected chi connectivity index (χ4v) is 5.30. The summed E-state index contributed by atoms with van der Waals surface area (Å²) in [5.41, 5.74) is 0.933. The highest BCUT2D eigenvalue weighted by molar-refractivity contribution is 7.98. The van der Waals surface area contributed by atoms with Crippen LogP contribution in [0, 0.1) is 6.92 Å². The van der Waals surface area contributed by atoms with Crippen molar-refractivity contribution < 1.29 is 9.53 Å². The van der Waals surface area contributed by atoms with Crippen LogP contribution < -0.4 is 4.90 Å². The van der Waals surface area contributed by atoms with E-state index in [2.05, 4.69) is 17.0 Å². The van der Waals surface area contributed by atoms with E-state index in [4.69, 9.17) is 14.7 Å². The van der Waals surface area contributed by atoms with Crippen LogP contribution in [0.25, 0.3) is 10.2 Å². The number of anilines is 1. The molecule has 1 aliphatic rings. The number of hydrogen-bond donors (Lipinski definition) is 0. The van der Waals surface area contributed by atoms with Crippen LogP contribution >= 0.6 is 23.1 Å². The molecule has 0 N–H and O–H groups in total. The Hall–Kier alpha value is -2.12. The van der Waals surface area contributed by atoms with Gasteiger partial charge in [0, 0.05) is 18.0 Å². The lowest BCUT2D eigenvalue weighted by molar-refractivity contribution is 0.0531. The van der Waals surface area contributed by atoms with Crippen LogP contribution in [-0.2, 0) is 10.5 Å². The highest BCUT2D eigenvalue weighted by Crippen LogP contribution is 2.37. The van der Waals surface area contributed by atoms with Gasteiger partial charge >= 0.3 is 5.97 Å². The molecule has 0 radical (unpaired) electrons. The zero-order valence-electron chi connectivity index (χ0n) is 16.1. The third-order valence-corrected chi connectivity index (χ3v) is 6.97. The minimum atomic E-state index is -0.268. The third-order valence-electron chi connectivity index (χ3n) is 4.79. The lowest BCUT2D eigenvalue weighted by Crippen LogP contribution is -2.20. The van der Waals surface area contributed by atoms with Gasteiger partial charge in [-0.15, -0.1) is 23.1 Å². The molecule has 0 amide bonds. The van der Waals surface area contributed by atoms with Gasteiger partial charge in [0.05, 0.1) is 17.7 Å². The fraction of sp³-hybridized carbons (Fsp3) is 0.381.